The summed E-state index contributed by atoms with van der Waals surface area (Å²) in [4.78, 5) is 11.6. The van der Waals surface area contributed by atoms with E-state index in [2.05, 4.69) is 34.0 Å². The second-order valence-electron chi connectivity index (χ2n) is 8.93. The number of para-hydroxylation sites is 1. The van der Waals surface area contributed by atoms with Crippen molar-refractivity contribution in [1.82, 2.24) is 15.0 Å². The lowest BCUT2D eigenvalue weighted by Crippen LogP contribution is -1.88. The van der Waals surface area contributed by atoms with Crippen LogP contribution in [0.15, 0.2) is 55.0 Å². The van der Waals surface area contributed by atoms with E-state index in [1.807, 2.05) is 42.9 Å². The predicted molar refractivity (Wildman–Crippen MR) is 139 cm³/mol. The molecule has 0 fully saturated rings. The molecule has 2 aromatic heterocycles. The molecule has 3 heteroatoms. The number of aromatic amines is 1. The lowest BCUT2D eigenvalue weighted by Gasteiger charge is -2.03. The summed E-state index contributed by atoms with van der Waals surface area (Å²) in [6.45, 7) is 2.29. The van der Waals surface area contributed by atoms with E-state index in [0.717, 1.165) is 17.8 Å². The van der Waals surface area contributed by atoms with Crippen molar-refractivity contribution in [3.05, 3.63) is 60.8 Å². The number of fused-ring (bicyclic) bond motifs is 1. The third-order valence-corrected chi connectivity index (χ3v) is 6.08. The van der Waals surface area contributed by atoms with Crippen LogP contribution in [0.3, 0.4) is 0 Å². The highest BCUT2D eigenvalue weighted by Gasteiger charge is 1.96. The normalized spacial score (nSPS) is 10.8. The van der Waals surface area contributed by atoms with Crippen LogP contribution in [0.4, 0.5) is 0 Å². The van der Waals surface area contributed by atoms with Gasteiger partial charge >= 0.3 is 0 Å². The van der Waals surface area contributed by atoms with Gasteiger partial charge in [0.05, 0.1) is 5.52 Å². The summed E-state index contributed by atoms with van der Waals surface area (Å²) >= 11 is 0. The zero-order valence-electron chi connectivity index (χ0n) is 20.4. The smallest absolute Gasteiger partial charge is 0.105 e. The van der Waals surface area contributed by atoms with Crippen LogP contribution in [0.25, 0.3) is 10.9 Å². The minimum atomic E-state index is 1.06. The Hall–Kier alpha value is -2.16. The monoisotopic (exact) mass is 435 g/mol. The van der Waals surface area contributed by atoms with Crippen molar-refractivity contribution in [1.29, 1.82) is 0 Å². The molecule has 1 N–H and O–H groups in total. The van der Waals surface area contributed by atoms with Crippen LogP contribution in [0.2, 0.25) is 0 Å². The Labute approximate surface area is 196 Å². The standard InChI is InChI=1S/C20H38N2.C9H7N/c1-2-3-4-5-6-7-8-9-10-11-12-13-14-15-16-17-20-21-18-19-22-20;1-2-6-9-8(4-1)5-3-7-10-9/h18-19H,2-17H2,1H3,(H,21,22);1-7H. The number of H-pyrrole nitrogens is 1. The summed E-state index contributed by atoms with van der Waals surface area (Å²) in [5.74, 6) is 1.15. The lowest BCUT2D eigenvalue weighted by molar-refractivity contribution is 0.531. The molecule has 0 spiro atoms. The molecule has 0 saturated heterocycles. The van der Waals surface area contributed by atoms with Crippen molar-refractivity contribution in [2.75, 3.05) is 0 Å². The summed E-state index contributed by atoms with van der Waals surface area (Å²) in [6.07, 6.45) is 28.1. The zero-order chi connectivity index (χ0) is 22.5. The van der Waals surface area contributed by atoms with Crippen molar-refractivity contribution in [2.24, 2.45) is 0 Å². The summed E-state index contributed by atoms with van der Waals surface area (Å²) in [7, 11) is 0. The number of hydrogen-bond acceptors (Lipinski definition) is 2. The first-order valence-electron chi connectivity index (χ1n) is 13.2. The fourth-order valence-corrected chi connectivity index (χ4v) is 4.11. The number of rotatable bonds is 16. The number of unbranched alkanes of at least 4 members (excludes halogenated alkanes) is 14. The van der Waals surface area contributed by atoms with E-state index < -0.39 is 0 Å². The number of nitrogens with one attached hydrogen (secondary N) is 1. The first kappa shape index (κ1) is 26.1. The van der Waals surface area contributed by atoms with E-state index in [-0.39, 0.29) is 0 Å². The third-order valence-electron chi connectivity index (χ3n) is 6.08. The van der Waals surface area contributed by atoms with Crippen LogP contribution >= 0.6 is 0 Å². The molecule has 1 aromatic carbocycles. The maximum Gasteiger partial charge on any atom is 0.105 e. The Morgan fingerprint density at radius 1 is 0.594 bits per heavy atom. The molecule has 32 heavy (non-hydrogen) atoms. The number of nitrogens with zero attached hydrogens (tertiary/aromatic N) is 2. The molecule has 3 aromatic rings. The van der Waals surface area contributed by atoms with Gasteiger partial charge in [0.1, 0.15) is 5.82 Å². The largest absolute Gasteiger partial charge is 0.349 e. The van der Waals surface area contributed by atoms with Crippen molar-refractivity contribution >= 4 is 10.9 Å². The van der Waals surface area contributed by atoms with E-state index in [1.54, 1.807) is 0 Å². The number of aryl methyl sites for hydroxylation is 1. The van der Waals surface area contributed by atoms with Gasteiger partial charge in [-0.15, -0.1) is 0 Å². The maximum atomic E-state index is 4.26. The van der Waals surface area contributed by atoms with E-state index in [9.17, 15) is 0 Å². The fourth-order valence-electron chi connectivity index (χ4n) is 4.11. The van der Waals surface area contributed by atoms with Crippen LogP contribution in [0.1, 0.15) is 109 Å². The van der Waals surface area contributed by atoms with Crippen molar-refractivity contribution < 1.29 is 0 Å². The summed E-state index contributed by atoms with van der Waals surface area (Å²) in [5.41, 5.74) is 1.06. The molecular formula is C29H45N3. The first-order valence-corrected chi connectivity index (χ1v) is 13.2. The molecule has 3 rings (SSSR count). The Morgan fingerprint density at radius 2 is 1.16 bits per heavy atom. The van der Waals surface area contributed by atoms with Crippen molar-refractivity contribution in [3.63, 3.8) is 0 Å². The second kappa shape index (κ2) is 18.4. The second-order valence-corrected chi connectivity index (χ2v) is 8.93. The Kier molecular flexibility index (Phi) is 15.0. The Balaban J connectivity index is 0.000000297. The molecule has 0 atom stereocenters. The highest BCUT2D eigenvalue weighted by atomic mass is 14.9. The van der Waals surface area contributed by atoms with Crippen molar-refractivity contribution in [2.45, 2.75) is 110 Å². The number of hydrogen-bond donors (Lipinski definition) is 1. The number of benzene rings is 1. The average molecular weight is 436 g/mol. The zero-order valence-corrected chi connectivity index (χ0v) is 20.4. The highest BCUT2D eigenvalue weighted by Crippen LogP contribution is 2.13. The van der Waals surface area contributed by atoms with Gasteiger partial charge in [0.25, 0.3) is 0 Å². The summed E-state index contributed by atoms with van der Waals surface area (Å²) in [5, 5.41) is 1.20. The molecule has 0 saturated carbocycles. The molecule has 0 amide bonds. The molecule has 0 unspecified atom stereocenters. The molecule has 2 heterocycles. The van der Waals surface area contributed by atoms with Gasteiger partial charge in [0.15, 0.2) is 0 Å². The van der Waals surface area contributed by atoms with Gasteiger partial charge in [0, 0.05) is 30.4 Å². The number of pyridine rings is 1. The average Bonchev–Trinajstić information content (AvgIpc) is 3.36. The molecule has 3 nitrogen and oxygen atoms in total. The van der Waals surface area contributed by atoms with Crippen LogP contribution in [0, 0.1) is 0 Å². The Bertz CT molecular complexity index is 716. The van der Waals surface area contributed by atoms with Gasteiger partial charge in [-0.2, -0.15) is 0 Å². The minimum Gasteiger partial charge on any atom is -0.349 e. The summed E-state index contributed by atoms with van der Waals surface area (Å²) < 4.78 is 0. The van der Waals surface area contributed by atoms with Crippen molar-refractivity contribution in [3.8, 4) is 0 Å². The van der Waals surface area contributed by atoms with Crippen LogP contribution in [-0.2, 0) is 6.42 Å². The maximum absolute atomic E-state index is 4.26. The predicted octanol–water partition coefficient (Wildman–Crippen LogP) is 9.06. The van der Waals surface area contributed by atoms with Crippen LogP contribution in [0.5, 0.6) is 0 Å². The van der Waals surface area contributed by atoms with E-state index in [0.29, 0.717) is 0 Å². The molecule has 0 aliphatic carbocycles. The van der Waals surface area contributed by atoms with Gasteiger partial charge in [-0.3, -0.25) is 4.98 Å². The molecule has 0 bridgehead atoms. The van der Waals surface area contributed by atoms with Gasteiger partial charge in [-0.1, -0.05) is 121 Å². The molecule has 0 radical (unpaired) electrons. The molecule has 0 aliphatic rings. The lowest BCUT2D eigenvalue weighted by atomic mass is 10.0. The number of imidazole rings is 1. The first-order chi connectivity index (χ1) is 15.9. The molecule has 0 aliphatic heterocycles. The number of aromatic nitrogens is 3. The van der Waals surface area contributed by atoms with Crippen LogP contribution < -0.4 is 0 Å². The molecule has 176 valence electrons. The SMILES string of the molecule is CCCCCCCCCCCCCCCCCc1ncc[nH]1.c1ccc2ncccc2c1. The fraction of sp³-hybridized carbons (Fsp3) is 0.586. The van der Waals surface area contributed by atoms with E-state index >= 15 is 0 Å². The van der Waals surface area contributed by atoms with Gasteiger partial charge < -0.3 is 4.98 Å². The summed E-state index contributed by atoms with van der Waals surface area (Å²) in [6, 6.07) is 12.1. The highest BCUT2D eigenvalue weighted by molar-refractivity contribution is 5.77. The Morgan fingerprint density at radius 3 is 1.72 bits per heavy atom. The molecular weight excluding hydrogens is 390 g/mol. The van der Waals surface area contributed by atoms with Gasteiger partial charge in [0.2, 0.25) is 0 Å². The minimum absolute atomic E-state index is 1.06. The third kappa shape index (κ3) is 12.6. The quantitative estimate of drug-likeness (QED) is 0.228. The van der Waals surface area contributed by atoms with Crippen LogP contribution in [-0.4, -0.2) is 15.0 Å². The van der Waals surface area contributed by atoms with Gasteiger partial charge in [-0.25, -0.2) is 4.98 Å². The van der Waals surface area contributed by atoms with Gasteiger partial charge in [-0.05, 0) is 18.6 Å². The van der Waals surface area contributed by atoms with E-state index in [1.165, 1.54) is 102 Å². The van der Waals surface area contributed by atoms with E-state index in [4.69, 9.17) is 0 Å². The topological polar surface area (TPSA) is 41.6 Å².